The minimum Gasteiger partial charge on any atom is -0.406 e. The van der Waals surface area contributed by atoms with E-state index in [2.05, 4.69) is 19.8 Å². The molecule has 0 atom stereocenters. The van der Waals surface area contributed by atoms with Crippen LogP contribution in [0, 0.1) is 0 Å². The van der Waals surface area contributed by atoms with E-state index < -0.39 is 16.4 Å². The number of hydrogen-bond acceptors (Lipinski definition) is 4. The lowest BCUT2D eigenvalue weighted by molar-refractivity contribution is -0.274. The molecule has 4 N–H and O–H groups in total. The van der Waals surface area contributed by atoms with E-state index in [4.69, 9.17) is 5.73 Å². The van der Waals surface area contributed by atoms with Gasteiger partial charge < -0.3 is 15.8 Å². The van der Waals surface area contributed by atoms with Crippen LogP contribution in [0.2, 0.25) is 0 Å². The van der Waals surface area contributed by atoms with Gasteiger partial charge in [-0.2, -0.15) is 0 Å². The molecule has 0 amide bonds. The third kappa shape index (κ3) is 8.29. The fourth-order valence-electron chi connectivity index (χ4n) is 2.56. The predicted molar refractivity (Wildman–Crippen MR) is 109 cm³/mol. The zero-order chi connectivity index (χ0) is 22.4. The van der Waals surface area contributed by atoms with Gasteiger partial charge in [-0.05, 0) is 49.2 Å². The van der Waals surface area contributed by atoms with Crippen LogP contribution in [0.1, 0.15) is 25.0 Å². The van der Waals surface area contributed by atoms with E-state index in [0.29, 0.717) is 16.8 Å². The fraction of sp³-hybridized carbons (Fsp3) is 0.316. The number of sulfonamides is 1. The molecule has 0 aliphatic rings. The summed E-state index contributed by atoms with van der Waals surface area (Å²) in [6.45, 7) is 3.60. The maximum absolute atomic E-state index is 12.2. The van der Waals surface area contributed by atoms with Crippen LogP contribution in [0.5, 0.6) is 5.75 Å². The van der Waals surface area contributed by atoms with Gasteiger partial charge in [0.1, 0.15) is 5.75 Å². The second-order valence-electron chi connectivity index (χ2n) is 6.70. The summed E-state index contributed by atoms with van der Waals surface area (Å²) in [7, 11) is -3.50. The van der Waals surface area contributed by atoms with Gasteiger partial charge in [0.15, 0.2) is 5.96 Å². The summed E-state index contributed by atoms with van der Waals surface area (Å²) in [5.41, 5.74) is 7.53. The first-order valence-electron chi connectivity index (χ1n) is 8.93. The van der Waals surface area contributed by atoms with Crippen LogP contribution in [-0.2, 0) is 22.3 Å². The van der Waals surface area contributed by atoms with Crippen molar-refractivity contribution in [2.75, 3.05) is 5.32 Å². The molecule has 0 heterocycles. The van der Waals surface area contributed by atoms with E-state index in [0.717, 1.165) is 12.1 Å². The molecule has 2 aromatic carbocycles. The molecule has 0 aliphatic carbocycles. The molecular weight excluding hydrogens is 421 g/mol. The summed E-state index contributed by atoms with van der Waals surface area (Å²) in [4.78, 5) is 4.18. The normalized spacial score (nSPS) is 12.8. The van der Waals surface area contributed by atoms with Crippen molar-refractivity contribution in [1.82, 2.24) is 4.72 Å². The fourth-order valence-corrected chi connectivity index (χ4v) is 4.05. The number of ether oxygens (including phenoxy) is 1. The van der Waals surface area contributed by atoms with Crippen molar-refractivity contribution >= 4 is 21.7 Å². The standard InChI is InChI=1S/C19H23F3N4O3S/c1-13(2)26-30(27,28)12-15-6-4-3-5-14(15)11-24-18(23)25-16-7-9-17(10-8-16)29-19(20,21)22/h3-10,13,26H,11-12H2,1-2H3,(H3,23,24,25). The topological polar surface area (TPSA) is 106 Å². The number of guanidine groups is 1. The number of aliphatic imine (C=N–C) groups is 1. The molecule has 0 radical (unpaired) electrons. The number of alkyl halides is 3. The van der Waals surface area contributed by atoms with Gasteiger partial charge in [0.25, 0.3) is 0 Å². The Morgan fingerprint density at radius 1 is 1.10 bits per heavy atom. The molecule has 7 nitrogen and oxygen atoms in total. The Bertz CT molecular complexity index is 975. The summed E-state index contributed by atoms with van der Waals surface area (Å²) in [6.07, 6.45) is -4.76. The molecule has 0 fully saturated rings. The Kier molecular flexibility index (Phi) is 7.68. The number of rotatable bonds is 8. The maximum Gasteiger partial charge on any atom is 0.573 e. The highest BCUT2D eigenvalue weighted by atomic mass is 32.2. The van der Waals surface area contributed by atoms with E-state index in [-0.39, 0.29) is 30.0 Å². The zero-order valence-corrected chi connectivity index (χ0v) is 17.2. The third-order valence-corrected chi connectivity index (χ3v) is 5.18. The Hall–Kier alpha value is -2.79. The van der Waals surface area contributed by atoms with Crippen LogP contribution in [0.15, 0.2) is 53.5 Å². The SMILES string of the molecule is CC(C)NS(=O)(=O)Cc1ccccc1CN=C(N)Nc1ccc(OC(F)(F)F)cc1. The lowest BCUT2D eigenvalue weighted by Gasteiger charge is -2.12. The van der Waals surface area contributed by atoms with Gasteiger partial charge in [-0.1, -0.05) is 24.3 Å². The minimum absolute atomic E-state index is 0.0254. The minimum atomic E-state index is -4.76. The molecule has 0 aliphatic heterocycles. The van der Waals surface area contributed by atoms with Gasteiger partial charge in [0.05, 0.1) is 12.3 Å². The van der Waals surface area contributed by atoms with E-state index in [1.165, 1.54) is 12.1 Å². The average Bonchev–Trinajstić information content (AvgIpc) is 2.60. The van der Waals surface area contributed by atoms with Crippen molar-refractivity contribution in [2.45, 2.75) is 38.5 Å². The maximum atomic E-state index is 12.2. The van der Waals surface area contributed by atoms with Crippen LogP contribution < -0.4 is 20.5 Å². The number of anilines is 1. The summed E-state index contributed by atoms with van der Waals surface area (Å²) >= 11 is 0. The number of halogens is 3. The van der Waals surface area contributed by atoms with Gasteiger partial charge in [0.2, 0.25) is 10.0 Å². The summed E-state index contributed by atoms with van der Waals surface area (Å²) < 4.78 is 67.3. The lowest BCUT2D eigenvalue weighted by Crippen LogP contribution is -2.31. The molecule has 30 heavy (non-hydrogen) atoms. The van der Waals surface area contributed by atoms with Crippen molar-refractivity contribution in [3.8, 4) is 5.75 Å². The van der Waals surface area contributed by atoms with Crippen LogP contribution >= 0.6 is 0 Å². The Morgan fingerprint density at radius 2 is 1.70 bits per heavy atom. The predicted octanol–water partition coefficient (Wildman–Crippen LogP) is 3.34. The lowest BCUT2D eigenvalue weighted by atomic mass is 10.1. The first kappa shape index (κ1) is 23.5. The van der Waals surface area contributed by atoms with Crippen LogP contribution in [0.3, 0.4) is 0 Å². The van der Waals surface area contributed by atoms with Gasteiger partial charge in [-0.3, -0.25) is 0 Å². The quantitative estimate of drug-likeness (QED) is 0.428. The molecule has 0 saturated carbocycles. The smallest absolute Gasteiger partial charge is 0.406 e. The summed E-state index contributed by atoms with van der Waals surface area (Å²) in [5, 5.41) is 2.76. The molecule has 0 unspecified atom stereocenters. The van der Waals surface area contributed by atoms with E-state index in [1.807, 2.05) is 0 Å². The highest BCUT2D eigenvalue weighted by Crippen LogP contribution is 2.24. The molecule has 2 aromatic rings. The molecule has 2 rings (SSSR count). The van der Waals surface area contributed by atoms with E-state index >= 15 is 0 Å². The van der Waals surface area contributed by atoms with Crippen LogP contribution in [0.25, 0.3) is 0 Å². The summed E-state index contributed by atoms with van der Waals surface area (Å²) in [5.74, 6) is -0.517. The highest BCUT2D eigenvalue weighted by molar-refractivity contribution is 7.88. The first-order valence-corrected chi connectivity index (χ1v) is 10.6. The number of hydrogen-bond donors (Lipinski definition) is 3. The molecule has 11 heteroatoms. The largest absolute Gasteiger partial charge is 0.573 e. The van der Waals surface area contributed by atoms with Crippen LogP contribution in [-0.4, -0.2) is 26.8 Å². The van der Waals surface area contributed by atoms with Crippen molar-refractivity contribution in [3.63, 3.8) is 0 Å². The summed E-state index contributed by atoms with van der Waals surface area (Å²) in [6, 6.07) is 11.7. The molecule has 0 saturated heterocycles. The average molecular weight is 444 g/mol. The van der Waals surface area contributed by atoms with Crippen molar-refractivity contribution in [1.29, 1.82) is 0 Å². The highest BCUT2D eigenvalue weighted by Gasteiger charge is 2.30. The molecular formula is C19H23F3N4O3S. The van der Waals surface area contributed by atoms with Gasteiger partial charge >= 0.3 is 6.36 Å². The number of benzene rings is 2. The van der Waals surface area contributed by atoms with Crippen molar-refractivity contribution in [3.05, 3.63) is 59.7 Å². The number of nitrogens with two attached hydrogens (primary N) is 1. The third-order valence-electron chi connectivity index (χ3n) is 3.66. The number of nitrogens with zero attached hydrogens (tertiary/aromatic N) is 1. The van der Waals surface area contributed by atoms with Gasteiger partial charge in [-0.15, -0.1) is 13.2 Å². The van der Waals surface area contributed by atoms with Crippen molar-refractivity contribution in [2.24, 2.45) is 10.7 Å². The van der Waals surface area contributed by atoms with E-state index in [9.17, 15) is 21.6 Å². The van der Waals surface area contributed by atoms with Gasteiger partial charge in [-0.25, -0.2) is 18.1 Å². The Labute approximate surface area is 173 Å². The van der Waals surface area contributed by atoms with Crippen molar-refractivity contribution < 1.29 is 26.3 Å². The second kappa shape index (κ2) is 9.81. The zero-order valence-electron chi connectivity index (χ0n) is 16.4. The first-order chi connectivity index (χ1) is 13.9. The second-order valence-corrected chi connectivity index (χ2v) is 8.45. The molecule has 0 aromatic heterocycles. The number of nitrogens with one attached hydrogen (secondary N) is 2. The molecule has 0 bridgehead atoms. The monoisotopic (exact) mass is 444 g/mol. The van der Waals surface area contributed by atoms with Gasteiger partial charge in [0, 0.05) is 11.7 Å². The van der Waals surface area contributed by atoms with Crippen LogP contribution in [0.4, 0.5) is 18.9 Å². The van der Waals surface area contributed by atoms with E-state index in [1.54, 1.807) is 38.1 Å². The Morgan fingerprint density at radius 3 is 2.27 bits per heavy atom. The molecule has 164 valence electrons. The Balaban J connectivity index is 2.04. The molecule has 0 spiro atoms.